The third kappa shape index (κ3) is 2.05. The zero-order chi connectivity index (χ0) is 12.3. The third-order valence-corrected chi connectivity index (χ3v) is 2.41. The van der Waals surface area contributed by atoms with Gasteiger partial charge in [0.25, 0.3) is 5.91 Å². The average molecular weight is 226 g/mol. The van der Waals surface area contributed by atoms with Crippen LogP contribution in [0.5, 0.6) is 0 Å². The molecule has 0 aliphatic rings. The van der Waals surface area contributed by atoms with Gasteiger partial charge in [0.1, 0.15) is 5.54 Å². The zero-order valence-corrected chi connectivity index (χ0v) is 9.43. The number of hydrogen-bond acceptors (Lipinski definition) is 4. The van der Waals surface area contributed by atoms with E-state index in [2.05, 4.69) is 5.16 Å². The molecule has 0 aliphatic carbocycles. The summed E-state index contributed by atoms with van der Waals surface area (Å²) >= 11 is 0. The molecule has 0 saturated heterocycles. The van der Waals surface area contributed by atoms with Crippen LogP contribution in [0.15, 0.2) is 16.8 Å². The standard InChI is InChI=1S/C10H14N2O4/c1-4-12(10(2,3)9(14)15)8(13)7-5-6-11-16-7/h5-6H,4H2,1-3H3,(H,14,15). The van der Waals surface area contributed by atoms with E-state index >= 15 is 0 Å². The molecule has 0 fully saturated rings. The van der Waals surface area contributed by atoms with Gasteiger partial charge in [-0.3, -0.25) is 4.79 Å². The molecule has 6 nitrogen and oxygen atoms in total. The van der Waals surface area contributed by atoms with Gasteiger partial charge in [-0.25, -0.2) is 4.79 Å². The summed E-state index contributed by atoms with van der Waals surface area (Å²) in [6.45, 7) is 4.91. The molecule has 1 aromatic rings. The first-order chi connectivity index (χ1) is 7.41. The predicted molar refractivity (Wildman–Crippen MR) is 54.9 cm³/mol. The first kappa shape index (κ1) is 12.2. The van der Waals surface area contributed by atoms with Crippen LogP contribution >= 0.6 is 0 Å². The quantitative estimate of drug-likeness (QED) is 0.827. The van der Waals surface area contributed by atoms with Gasteiger partial charge in [-0.2, -0.15) is 0 Å². The molecule has 0 aliphatic heterocycles. The maximum absolute atomic E-state index is 11.9. The minimum Gasteiger partial charge on any atom is -0.480 e. The number of likely N-dealkylation sites (N-methyl/N-ethyl adjacent to an activating group) is 1. The molecule has 1 aromatic heterocycles. The predicted octanol–water partition coefficient (Wildman–Crippen LogP) is 1.000. The molecule has 0 saturated carbocycles. The molecule has 0 radical (unpaired) electrons. The van der Waals surface area contributed by atoms with E-state index in [9.17, 15) is 9.59 Å². The van der Waals surface area contributed by atoms with Crippen molar-refractivity contribution < 1.29 is 19.2 Å². The average Bonchev–Trinajstić information content (AvgIpc) is 2.70. The number of aromatic nitrogens is 1. The lowest BCUT2D eigenvalue weighted by atomic mass is 10.0. The van der Waals surface area contributed by atoms with Crippen LogP contribution in [-0.2, 0) is 4.79 Å². The lowest BCUT2D eigenvalue weighted by Gasteiger charge is -2.33. The fourth-order valence-electron chi connectivity index (χ4n) is 1.37. The molecule has 0 spiro atoms. The van der Waals surface area contributed by atoms with Crippen molar-refractivity contribution in [1.82, 2.24) is 10.1 Å². The smallest absolute Gasteiger partial charge is 0.329 e. The zero-order valence-electron chi connectivity index (χ0n) is 9.43. The van der Waals surface area contributed by atoms with Gasteiger partial charge >= 0.3 is 5.97 Å². The second kappa shape index (κ2) is 4.34. The molecule has 1 amide bonds. The minimum atomic E-state index is -1.28. The highest BCUT2D eigenvalue weighted by Crippen LogP contribution is 2.17. The minimum absolute atomic E-state index is 0.0381. The van der Waals surface area contributed by atoms with Gasteiger partial charge in [0, 0.05) is 12.6 Å². The van der Waals surface area contributed by atoms with Crippen LogP contribution in [0.3, 0.4) is 0 Å². The summed E-state index contributed by atoms with van der Waals surface area (Å²) < 4.78 is 4.72. The van der Waals surface area contributed by atoms with E-state index in [0.29, 0.717) is 0 Å². The van der Waals surface area contributed by atoms with Crippen LogP contribution in [0.1, 0.15) is 31.3 Å². The Morgan fingerprint density at radius 3 is 2.56 bits per heavy atom. The number of carboxylic acids is 1. The number of nitrogens with zero attached hydrogens (tertiary/aromatic N) is 2. The van der Waals surface area contributed by atoms with Gasteiger partial charge < -0.3 is 14.5 Å². The summed E-state index contributed by atoms with van der Waals surface area (Å²) in [6.07, 6.45) is 1.34. The topological polar surface area (TPSA) is 83.6 Å². The molecule has 1 rings (SSSR count). The van der Waals surface area contributed by atoms with Crippen molar-refractivity contribution in [1.29, 1.82) is 0 Å². The lowest BCUT2D eigenvalue weighted by molar-refractivity contribution is -0.147. The Morgan fingerprint density at radius 1 is 1.56 bits per heavy atom. The summed E-state index contributed by atoms with van der Waals surface area (Å²) in [5, 5.41) is 12.5. The van der Waals surface area contributed by atoms with Crippen molar-refractivity contribution in [3.63, 3.8) is 0 Å². The maximum Gasteiger partial charge on any atom is 0.329 e. The van der Waals surface area contributed by atoms with E-state index in [4.69, 9.17) is 9.63 Å². The molecule has 1 N–H and O–H groups in total. The first-order valence-electron chi connectivity index (χ1n) is 4.87. The molecule has 0 aromatic carbocycles. The van der Waals surface area contributed by atoms with E-state index in [0.717, 1.165) is 0 Å². The number of carboxylic acid groups (broad SMARTS) is 1. The number of hydrogen-bond donors (Lipinski definition) is 1. The van der Waals surface area contributed by atoms with Gasteiger partial charge in [0.15, 0.2) is 0 Å². The summed E-state index contributed by atoms with van der Waals surface area (Å²) in [5.41, 5.74) is -1.28. The van der Waals surface area contributed by atoms with Crippen molar-refractivity contribution in [2.45, 2.75) is 26.3 Å². The number of carbonyl (C=O) groups is 2. The number of rotatable bonds is 4. The monoisotopic (exact) mass is 226 g/mol. The molecular weight excluding hydrogens is 212 g/mol. The number of aliphatic carboxylic acids is 1. The van der Waals surface area contributed by atoms with Gasteiger partial charge in [-0.1, -0.05) is 5.16 Å². The fraction of sp³-hybridized carbons (Fsp3) is 0.500. The highest BCUT2D eigenvalue weighted by atomic mass is 16.5. The van der Waals surface area contributed by atoms with Crippen LogP contribution in [0.2, 0.25) is 0 Å². The van der Waals surface area contributed by atoms with Crippen LogP contribution < -0.4 is 0 Å². The Kier molecular flexibility index (Phi) is 3.31. The summed E-state index contributed by atoms with van der Waals surface area (Å²) in [5.74, 6) is -1.51. The normalized spacial score (nSPS) is 11.2. The van der Waals surface area contributed by atoms with Crippen molar-refractivity contribution in [2.75, 3.05) is 6.54 Å². The van der Waals surface area contributed by atoms with Gasteiger partial charge in [0.05, 0.1) is 6.20 Å². The molecule has 0 atom stereocenters. The summed E-state index contributed by atoms with van der Waals surface area (Å²) in [6, 6.07) is 1.41. The number of amides is 1. The molecule has 0 unspecified atom stereocenters. The highest BCUT2D eigenvalue weighted by molar-refractivity contribution is 5.95. The second-order valence-electron chi connectivity index (χ2n) is 3.79. The maximum atomic E-state index is 11.9. The fourth-order valence-corrected chi connectivity index (χ4v) is 1.37. The number of carbonyl (C=O) groups excluding carboxylic acids is 1. The molecule has 88 valence electrons. The van der Waals surface area contributed by atoms with E-state index in [-0.39, 0.29) is 12.3 Å². The molecular formula is C10H14N2O4. The van der Waals surface area contributed by atoms with Crippen LogP contribution in [-0.4, -0.2) is 39.1 Å². The van der Waals surface area contributed by atoms with Gasteiger partial charge in [-0.15, -0.1) is 0 Å². The summed E-state index contributed by atoms with van der Waals surface area (Å²) in [7, 11) is 0. The Hall–Kier alpha value is -1.85. The van der Waals surface area contributed by atoms with Crippen molar-refractivity contribution >= 4 is 11.9 Å². The van der Waals surface area contributed by atoms with Crippen LogP contribution in [0.25, 0.3) is 0 Å². The second-order valence-corrected chi connectivity index (χ2v) is 3.79. The molecule has 6 heteroatoms. The summed E-state index contributed by atoms with van der Waals surface area (Å²) in [4.78, 5) is 24.2. The Labute approximate surface area is 92.8 Å². The van der Waals surface area contributed by atoms with E-state index in [1.807, 2.05) is 0 Å². The van der Waals surface area contributed by atoms with Gasteiger partial charge in [-0.05, 0) is 20.8 Å². The van der Waals surface area contributed by atoms with Crippen LogP contribution in [0.4, 0.5) is 0 Å². The van der Waals surface area contributed by atoms with Crippen LogP contribution in [0, 0.1) is 0 Å². The lowest BCUT2D eigenvalue weighted by Crippen LogP contribution is -2.52. The first-order valence-corrected chi connectivity index (χ1v) is 4.87. The van der Waals surface area contributed by atoms with Crippen molar-refractivity contribution in [3.8, 4) is 0 Å². The van der Waals surface area contributed by atoms with Crippen molar-refractivity contribution in [2.24, 2.45) is 0 Å². The Morgan fingerprint density at radius 2 is 2.19 bits per heavy atom. The van der Waals surface area contributed by atoms with E-state index < -0.39 is 17.4 Å². The Balaban J connectivity index is 3.00. The third-order valence-electron chi connectivity index (χ3n) is 2.41. The Bertz CT molecular complexity index is 384. The van der Waals surface area contributed by atoms with Gasteiger partial charge in [0.2, 0.25) is 5.76 Å². The molecule has 0 bridgehead atoms. The molecule has 1 heterocycles. The SMILES string of the molecule is CCN(C(=O)c1ccno1)C(C)(C)C(=O)O. The molecule has 16 heavy (non-hydrogen) atoms. The van der Waals surface area contributed by atoms with E-state index in [1.54, 1.807) is 6.92 Å². The largest absolute Gasteiger partial charge is 0.480 e. The van der Waals surface area contributed by atoms with Crippen molar-refractivity contribution in [3.05, 3.63) is 18.0 Å². The van der Waals surface area contributed by atoms with E-state index in [1.165, 1.54) is 31.0 Å². The highest BCUT2D eigenvalue weighted by Gasteiger charge is 2.38.